The molecule has 0 bridgehead atoms. The molecule has 0 radical (unpaired) electrons. The zero-order valence-corrected chi connectivity index (χ0v) is 14.3. The van der Waals surface area contributed by atoms with E-state index in [1.165, 1.54) is 31.4 Å². The highest BCUT2D eigenvalue weighted by molar-refractivity contribution is 7.93. The summed E-state index contributed by atoms with van der Waals surface area (Å²) in [6.07, 6.45) is 1.44. The molecule has 0 saturated heterocycles. The lowest BCUT2D eigenvalue weighted by Crippen LogP contribution is -2.03. The van der Waals surface area contributed by atoms with Crippen molar-refractivity contribution in [3.8, 4) is 5.75 Å². The van der Waals surface area contributed by atoms with Crippen molar-refractivity contribution in [2.24, 2.45) is 0 Å². The Kier molecular flexibility index (Phi) is 5.58. The van der Waals surface area contributed by atoms with Gasteiger partial charge in [-0.1, -0.05) is 23.7 Å². The molecule has 0 aliphatic heterocycles. The Morgan fingerprint density at radius 2 is 1.88 bits per heavy atom. The highest BCUT2D eigenvalue weighted by Gasteiger charge is 2.16. The van der Waals surface area contributed by atoms with Crippen LogP contribution in [0, 0.1) is 10.1 Å². The van der Waals surface area contributed by atoms with Crippen LogP contribution < -0.4 is 4.74 Å². The van der Waals surface area contributed by atoms with Crippen molar-refractivity contribution in [1.29, 1.82) is 0 Å². The van der Waals surface area contributed by atoms with E-state index in [1.54, 1.807) is 24.3 Å². The predicted molar refractivity (Wildman–Crippen MR) is 92.8 cm³/mol. The van der Waals surface area contributed by atoms with Gasteiger partial charge in [-0.3, -0.25) is 10.1 Å². The van der Waals surface area contributed by atoms with Crippen molar-refractivity contribution in [1.82, 2.24) is 0 Å². The molecule has 2 rings (SSSR count). The van der Waals surface area contributed by atoms with E-state index in [2.05, 4.69) is 0 Å². The van der Waals surface area contributed by atoms with Gasteiger partial charge in [0.15, 0.2) is 9.84 Å². The van der Waals surface area contributed by atoms with Gasteiger partial charge in [0.2, 0.25) is 0 Å². The van der Waals surface area contributed by atoms with Gasteiger partial charge in [0.1, 0.15) is 5.75 Å². The first-order chi connectivity index (χ1) is 11.3. The number of sulfone groups is 1. The smallest absolute Gasteiger partial charge is 0.270 e. The molecule has 126 valence electrons. The van der Waals surface area contributed by atoms with Crippen molar-refractivity contribution in [2.75, 3.05) is 7.11 Å². The SMILES string of the molecule is COc1ccc([N+](=O)[O-])cc1CS(=O)(=O)/C=C/c1ccc(Cl)cc1. The summed E-state index contributed by atoms with van der Waals surface area (Å²) in [4.78, 5) is 10.3. The molecule has 0 aliphatic carbocycles. The standard InChI is InChI=1S/C16H14ClNO5S/c1-23-16-7-6-15(18(19)20)10-13(16)11-24(21,22)9-8-12-2-4-14(17)5-3-12/h2-10H,11H2,1H3/b9-8+. The van der Waals surface area contributed by atoms with Crippen LogP contribution in [0.1, 0.15) is 11.1 Å². The molecule has 6 nitrogen and oxygen atoms in total. The normalized spacial score (nSPS) is 11.6. The first kappa shape index (κ1) is 18.0. The summed E-state index contributed by atoms with van der Waals surface area (Å²) in [7, 11) is -2.26. The molecule has 0 heterocycles. The molecule has 2 aromatic rings. The quantitative estimate of drug-likeness (QED) is 0.571. The second-order valence-corrected chi connectivity index (χ2v) is 7.24. The van der Waals surface area contributed by atoms with Crippen LogP contribution in [0.15, 0.2) is 47.9 Å². The molecule has 0 spiro atoms. The van der Waals surface area contributed by atoms with Crippen LogP contribution in [0.2, 0.25) is 5.02 Å². The van der Waals surface area contributed by atoms with E-state index in [0.717, 1.165) is 5.41 Å². The molecular weight excluding hydrogens is 354 g/mol. The monoisotopic (exact) mass is 367 g/mol. The summed E-state index contributed by atoms with van der Waals surface area (Å²) >= 11 is 5.77. The predicted octanol–water partition coefficient (Wildman–Crippen LogP) is 3.84. The maximum Gasteiger partial charge on any atom is 0.270 e. The fraction of sp³-hybridized carbons (Fsp3) is 0.125. The molecule has 0 N–H and O–H groups in total. The molecule has 0 amide bonds. The zero-order valence-electron chi connectivity index (χ0n) is 12.7. The number of rotatable bonds is 6. The number of ether oxygens (including phenoxy) is 1. The van der Waals surface area contributed by atoms with Crippen molar-refractivity contribution >= 4 is 33.2 Å². The molecule has 8 heteroatoms. The number of hydrogen-bond acceptors (Lipinski definition) is 5. The van der Waals surface area contributed by atoms with Gasteiger partial charge >= 0.3 is 0 Å². The van der Waals surface area contributed by atoms with E-state index in [9.17, 15) is 18.5 Å². The molecular formula is C16H14ClNO5S. The van der Waals surface area contributed by atoms with Crippen LogP contribution in [-0.2, 0) is 15.6 Å². The first-order valence-electron chi connectivity index (χ1n) is 6.78. The van der Waals surface area contributed by atoms with Crippen LogP contribution in [0.4, 0.5) is 5.69 Å². The third-order valence-electron chi connectivity index (χ3n) is 3.17. The minimum Gasteiger partial charge on any atom is -0.496 e. The summed E-state index contributed by atoms with van der Waals surface area (Å²) in [6, 6.07) is 10.5. The van der Waals surface area contributed by atoms with Gasteiger partial charge in [-0.25, -0.2) is 8.42 Å². The van der Waals surface area contributed by atoms with Gasteiger partial charge in [0.05, 0.1) is 17.8 Å². The Morgan fingerprint density at radius 3 is 2.46 bits per heavy atom. The largest absolute Gasteiger partial charge is 0.496 e. The maximum absolute atomic E-state index is 12.3. The summed E-state index contributed by atoms with van der Waals surface area (Å²) in [5.74, 6) is -0.119. The molecule has 0 aromatic heterocycles. The second-order valence-electron chi connectivity index (χ2n) is 4.91. The summed E-state index contributed by atoms with van der Waals surface area (Å²) in [5.41, 5.74) is 0.712. The Labute approximate surface area is 144 Å². The lowest BCUT2D eigenvalue weighted by atomic mass is 10.2. The first-order valence-corrected chi connectivity index (χ1v) is 8.88. The summed E-state index contributed by atoms with van der Waals surface area (Å²) in [5, 5.41) is 12.5. The van der Waals surface area contributed by atoms with E-state index < -0.39 is 20.5 Å². The van der Waals surface area contributed by atoms with Gasteiger partial charge < -0.3 is 4.74 Å². The minimum atomic E-state index is -3.63. The van der Waals surface area contributed by atoms with Gasteiger partial charge in [0, 0.05) is 28.1 Å². The number of benzene rings is 2. The van der Waals surface area contributed by atoms with Crippen molar-refractivity contribution in [3.63, 3.8) is 0 Å². The topological polar surface area (TPSA) is 86.5 Å². The van der Waals surface area contributed by atoms with E-state index >= 15 is 0 Å². The number of nitro benzene ring substituents is 1. The maximum atomic E-state index is 12.3. The average molecular weight is 368 g/mol. The minimum absolute atomic E-state index is 0.192. The van der Waals surface area contributed by atoms with Gasteiger partial charge in [-0.15, -0.1) is 0 Å². The fourth-order valence-corrected chi connectivity index (χ4v) is 3.26. The average Bonchev–Trinajstić information content (AvgIpc) is 2.54. The molecule has 0 aliphatic rings. The van der Waals surface area contributed by atoms with E-state index in [0.29, 0.717) is 10.6 Å². The third-order valence-corrected chi connectivity index (χ3v) is 4.69. The van der Waals surface area contributed by atoms with Crippen molar-refractivity contribution < 1.29 is 18.1 Å². The van der Waals surface area contributed by atoms with E-state index in [-0.39, 0.29) is 17.0 Å². The van der Waals surface area contributed by atoms with Gasteiger partial charge in [0.25, 0.3) is 5.69 Å². The van der Waals surface area contributed by atoms with Crippen LogP contribution in [0.5, 0.6) is 5.75 Å². The van der Waals surface area contributed by atoms with Crippen LogP contribution in [0.25, 0.3) is 6.08 Å². The molecule has 24 heavy (non-hydrogen) atoms. The lowest BCUT2D eigenvalue weighted by molar-refractivity contribution is -0.384. The Hall–Kier alpha value is -2.38. The number of nitro groups is 1. The number of hydrogen-bond donors (Lipinski definition) is 0. The number of nitrogens with zero attached hydrogens (tertiary/aromatic N) is 1. The number of non-ortho nitro benzene ring substituents is 1. The Morgan fingerprint density at radius 1 is 1.21 bits per heavy atom. The van der Waals surface area contributed by atoms with Crippen molar-refractivity contribution in [2.45, 2.75) is 5.75 Å². The molecule has 0 saturated carbocycles. The fourth-order valence-electron chi connectivity index (χ4n) is 2.01. The lowest BCUT2D eigenvalue weighted by Gasteiger charge is -2.07. The van der Waals surface area contributed by atoms with Crippen molar-refractivity contribution in [3.05, 3.63) is 74.1 Å². The summed E-state index contributed by atoms with van der Waals surface area (Å²) < 4.78 is 29.6. The number of halogens is 1. The van der Waals surface area contributed by atoms with Gasteiger partial charge in [-0.2, -0.15) is 0 Å². The van der Waals surface area contributed by atoms with E-state index in [1.807, 2.05) is 0 Å². The van der Waals surface area contributed by atoms with Crippen LogP contribution in [-0.4, -0.2) is 20.5 Å². The number of methoxy groups -OCH3 is 1. The zero-order chi connectivity index (χ0) is 17.7. The Bertz CT molecular complexity index is 876. The second kappa shape index (κ2) is 7.46. The Balaban J connectivity index is 2.26. The van der Waals surface area contributed by atoms with Crippen LogP contribution in [0.3, 0.4) is 0 Å². The van der Waals surface area contributed by atoms with Gasteiger partial charge in [-0.05, 0) is 29.8 Å². The molecule has 0 fully saturated rings. The highest BCUT2D eigenvalue weighted by atomic mass is 35.5. The van der Waals surface area contributed by atoms with E-state index in [4.69, 9.17) is 16.3 Å². The third kappa shape index (κ3) is 4.81. The molecule has 0 unspecified atom stereocenters. The molecule has 2 aromatic carbocycles. The molecule has 0 atom stereocenters. The van der Waals surface area contributed by atoms with Crippen LogP contribution >= 0.6 is 11.6 Å². The summed E-state index contributed by atoms with van der Waals surface area (Å²) in [6.45, 7) is 0. The highest BCUT2D eigenvalue weighted by Crippen LogP contribution is 2.26.